The van der Waals surface area contributed by atoms with E-state index >= 15 is 0 Å². The van der Waals surface area contributed by atoms with Crippen molar-refractivity contribution >= 4 is 22.9 Å². The normalized spacial score (nSPS) is 14.3. The highest BCUT2D eigenvalue weighted by molar-refractivity contribution is 7.80. The van der Waals surface area contributed by atoms with E-state index in [1.165, 1.54) is 0 Å². The standard InChI is InChI=1S/C11H14N2OS/c12-11(15)5-6-13-7-8-14-10-4-2-1-3-9(10)13/h1-4H,5-8H2,(H2,12,15). The average molecular weight is 222 g/mol. The van der Waals surface area contributed by atoms with E-state index in [-0.39, 0.29) is 0 Å². The summed E-state index contributed by atoms with van der Waals surface area (Å²) in [5.74, 6) is 0.951. The first-order valence-corrected chi connectivity index (χ1v) is 5.43. The summed E-state index contributed by atoms with van der Waals surface area (Å²) in [6, 6.07) is 8.05. The van der Waals surface area contributed by atoms with Crippen molar-refractivity contribution in [1.29, 1.82) is 0 Å². The summed E-state index contributed by atoms with van der Waals surface area (Å²) in [5.41, 5.74) is 6.64. The van der Waals surface area contributed by atoms with E-state index in [1.807, 2.05) is 18.2 Å². The lowest BCUT2D eigenvalue weighted by molar-refractivity contribution is 0.308. The van der Waals surface area contributed by atoms with Crippen LogP contribution in [0.3, 0.4) is 0 Å². The van der Waals surface area contributed by atoms with Crippen LogP contribution in [0.2, 0.25) is 0 Å². The lowest BCUT2D eigenvalue weighted by atomic mass is 10.2. The summed E-state index contributed by atoms with van der Waals surface area (Å²) >= 11 is 4.88. The second kappa shape index (κ2) is 4.49. The molecule has 0 bridgehead atoms. The van der Waals surface area contributed by atoms with Crippen LogP contribution in [0.5, 0.6) is 5.75 Å². The van der Waals surface area contributed by atoms with E-state index in [0.29, 0.717) is 4.99 Å². The van der Waals surface area contributed by atoms with Gasteiger partial charge in [0.2, 0.25) is 0 Å². The van der Waals surface area contributed by atoms with E-state index in [1.54, 1.807) is 0 Å². The highest BCUT2D eigenvalue weighted by Crippen LogP contribution is 2.30. The largest absolute Gasteiger partial charge is 0.490 e. The molecule has 1 aromatic carbocycles. The van der Waals surface area contributed by atoms with Gasteiger partial charge in [-0.25, -0.2) is 0 Å². The molecule has 2 N–H and O–H groups in total. The smallest absolute Gasteiger partial charge is 0.142 e. The van der Waals surface area contributed by atoms with E-state index in [2.05, 4.69) is 11.0 Å². The summed E-state index contributed by atoms with van der Waals surface area (Å²) in [7, 11) is 0. The van der Waals surface area contributed by atoms with Crippen LogP contribution in [0.4, 0.5) is 5.69 Å². The number of benzene rings is 1. The first kappa shape index (κ1) is 10.2. The van der Waals surface area contributed by atoms with Gasteiger partial charge in [-0.2, -0.15) is 0 Å². The topological polar surface area (TPSA) is 38.5 Å². The molecule has 0 fully saturated rings. The fourth-order valence-corrected chi connectivity index (χ4v) is 1.80. The molecule has 1 aromatic rings. The third-order valence-electron chi connectivity index (χ3n) is 2.45. The summed E-state index contributed by atoms with van der Waals surface area (Å²) in [4.78, 5) is 2.83. The Morgan fingerprint density at radius 2 is 2.27 bits per heavy atom. The van der Waals surface area contributed by atoms with Gasteiger partial charge in [-0.15, -0.1) is 0 Å². The Kier molecular flexibility index (Phi) is 3.06. The molecule has 0 spiro atoms. The number of nitrogens with zero attached hydrogens (tertiary/aromatic N) is 1. The molecule has 1 heterocycles. The van der Waals surface area contributed by atoms with Gasteiger partial charge in [-0.1, -0.05) is 24.4 Å². The van der Waals surface area contributed by atoms with Crippen LogP contribution in [0, 0.1) is 0 Å². The van der Waals surface area contributed by atoms with Crippen molar-refractivity contribution in [1.82, 2.24) is 0 Å². The van der Waals surface area contributed by atoms with Gasteiger partial charge in [0.1, 0.15) is 12.4 Å². The second-order valence-corrected chi connectivity index (χ2v) is 4.04. The Labute approximate surface area is 94.8 Å². The first-order chi connectivity index (χ1) is 7.27. The molecule has 15 heavy (non-hydrogen) atoms. The van der Waals surface area contributed by atoms with Crippen LogP contribution in [0.1, 0.15) is 6.42 Å². The highest BCUT2D eigenvalue weighted by atomic mass is 32.1. The Balaban J connectivity index is 2.11. The molecule has 0 saturated carbocycles. The van der Waals surface area contributed by atoms with Gasteiger partial charge in [0.05, 0.1) is 17.2 Å². The molecule has 0 aliphatic carbocycles. The molecular formula is C11H14N2OS. The molecule has 1 aliphatic rings. The molecule has 0 atom stereocenters. The number of anilines is 1. The maximum absolute atomic E-state index is 5.55. The van der Waals surface area contributed by atoms with E-state index in [0.717, 1.165) is 37.6 Å². The second-order valence-electron chi connectivity index (χ2n) is 3.52. The van der Waals surface area contributed by atoms with E-state index < -0.39 is 0 Å². The first-order valence-electron chi connectivity index (χ1n) is 5.02. The van der Waals surface area contributed by atoms with Crippen molar-refractivity contribution in [2.45, 2.75) is 6.42 Å². The third-order valence-corrected chi connectivity index (χ3v) is 2.66. The Hall–Kier alpha value is -1.29. The van der Waals surface area contributed by atoms with Gasteiger partial charge < -0.3 is 15.4 Å². The maximum atomic E-state index is 5.55. The highest BCUT2D eigenvalue weighted by Gasteiger charge is 2.16. The molecule has 0 saturated heterocycles. The molecule has 0 amide bonds. The predicted molar refractivity (Wildman–Crippen MR) is 65.6 cm³/mol. The Bertz CT molecular complexity index is 367. The van der Waals surface area contributed by atoms with Crippen LogP contribution >= 0.6 is 12.2 Å². The lowest BCUT2D eigenvalue weighted by Crippen LogP contribution is -2.34. The zero-order valence-corrected chi connectivity index (χ0v) is 9.30. The number of hydrogen-bond acceptors (Lipinski definition) is 3. The molecule has 80 valence electrons. The van der Waals surface area contributed by atoms with E-state index in [9.17, 15) is 0 Å². The number of fused-ring (bicyclic) bond motifs is 1. The van der Waals surface area contributed by atoms with Crippen molar-refractivity contribution in [3.05, 3.63) is 24.3 Å². The van der Waals surface area contributed by atoms with Gasteiger partial charge in [-0.3, -0.25) is 0 Å². The summed E-state index contributed by atoms with van der Waals surface area (Å²) in [6.45, 7) is 2.50. The minimum absolute atomic E-state index is 0.568. The van der Waals surface area contributed by atoms with Gasteiger partial charge in [0.25, 0.3) is 0 Å². The van der Waals surface area contributed by atoms with Crippen LogP contribution in [-0.4, -0.2) is 24.7 Å². The zero-order chi connectivity index (χ0) is 10.7. The van der Waals surface area contributed by atoms with Crippen LogP contribution < -0.4 is 15.4 Å². The predicted octanol–water partition coefficient (Wildman–Crippen LogP) is 1.56. The minimum atomic E-state index is 0.568. The number of hydrogen-bond donors (Lipinski definition) is 1. The van der Waals surface area contributed by atoms with Gasteiger partial charge in [0, 0.05) is 13.0 Å². The van der Waals surface area contributed by atoms with Crippen molar-refractivity contribution in [2.24, 2.45) is 5.73 Å². The molecule has 0 aromatic heterocycles. The molecule has 0 unspecified atom stereocenters. The number of rotatable bonds is 3. The summed E-state index contributed by atoms with van der Waals surface area (Å²) < 4.78 is 5.55. The SMILES string of the molecule is NC(=S)CCN1CCOc2ccccc21. The van der Waals surface area contributed by atoms with Crippen molar-refractivity contribution < 1.29 is 4.74 Å². The number of nitrogens with two attached hydrogens (primary N) is 1. The molecular weight excluding hydrogens is 208 g/mol. The average Bonchev–Trinajstić information content (AvgIpc) is 2.26. The third kappa shape index (κ3) is 2.39. The lowest BCUT2D eigenvalue weighted by Gasteiger charge is -2.31. The molecule has 3 nitrogen and oxygen atoms in total. The molecule has 1 aliphatic heterocycles. The number of para-hydroxylation sites is 2. The fraction of sp³-hybridized carbons (Fsp3) is 0.364. The van der Waals surface area contributed by atoms with Gasteiger partial charge in [0.15, 0.2) is 0 Å². The Morgan fingerprint density at radius 1 is 1.47 bits per heavy atom. The summed E-state index contributed by atoms with van der Waals surface area (Å²) in [6.07, 6.45) is 0.754. The Morgan fingerprint density at radius 3 is 3.07 bits per heavy atom. The quantitative estimate of drug-likeness (QED) is 0.788. The monoisotopic (exact) mass is 222 g/mol. The minimum Gasteiger partial charge on any atom is -0.490 e. The van der Waals surface area contributed by atoms with Crippen molar-refractivity contribution in [3.63, 3.8) is 0 Å². The van der Waals surface area contributed by atoms with Crippen molar-refractivity contribution in [2.75, 3.05) is 24.6 Å². The molecule has 2 rings (SSSR count). The zero-order valence-electron chi connectivity index (χ0n) is 8.48. The number of ether oxygens (including phenoxy) is 1. The fourth-order valence-electron chi connectivity index (χ4n) is 1.70. The van der Waals surface area contributed by atoms with Crippen LogP contribution in [0.15, 0.2) is 24.3 Å². The molecule has 4 heteroatoms. The summed E-state index contributed by atoms with van der Waals surface area (Å²) in [5, 5.41) is 0. The van der Waals surface area contributed by atoms with E-state index in [4.69, 9.17) is 22.7 Å². The van der Waals surface area contributed by atoms with Crippen LogP contribution in [-0.2, 0) is 0 Å². The van der Waals surface area contributed by atoms with Gasteiger partial charge >= 0.3 is 0 Å². The maximum Gasteiger partial charge on any atom is 0.142 e. The molecule has 0 radical (unpaired) electrons. The van der Waals surface area contributed by atoms with Crippen molar-refractivity contribution in [3.8, 4) is 5.75 Å². The van der Waals surface area contributed by atoms with Gasteiger partial charge in [-0.05, 0) is 12.1 Å². The van der Waals surface area contributed by atoms with Crippen LogP contribution in [0.25, 0.3) is 0 Å². The number of thiocarbonyl (C=S) groups is 1.